The first-order valence-corrected chi connectivity index (χ1v) is 23.1. The van der Waals surface area contributed by atoms with Crippen molar-refractivity contribution < 1.29 is 13.3 Å². The van der Waals surface area contributed by atoms with Crippen LogP contribution >= 0.6 is 23.4 Å². The molecule has 0 bridgehead atoms. The topological polar surface area (TPSA) is 137 Å². The van der Waals surface area contributed by atoms with E-state index in [-0.39, 0.29) is 28.1 Å². The number of halogens is 1. The summed E-state index contributed by atoms with van der Waals surface area (Å²) in [4.78, 5) is 28.6. The average molecular weight is 856 g/mol. The van der Waals surface area contributed by atoms with Gasteiger partial charge in [-0.2, -0.15) is 0 Å². The Morgan fingerprint density at radius 3 is 2.39 bits per heavy atom. The van der Waals surface area contributed by atoms with E-state index in [4.69, 9.17) is 11.6 Å². The second-order valence-electron chi connectivity index (χ2n) is 15.0. The molecule has 0 saturated carbocycles. The van der Waals surface area contributed by atoms with Crippen molar-refractivity contribution in [3.05, 3.63) is 124 Å². The van der Waals surface area contributed by atoms with E-state index in [0.29, 0.717) is 23.2 Å². The van der Waals surface area contributed by atoms with Gasteiger partial charge in [0.15, 0.2) is 5.82 Å². The standard InChI is InChI=1S/C44H51ClN8O4S2/c1-3-50(4-2)29-35(30-58-37-11-6-5-7-12-37)48-41-21-19-38(27-43(41)53(54)55)59(56,57)49-44-40-20-18-36(26-42(40)46-31-47-44)52-24-22-51(23-25-52)28-33-10-8-9-13-39(33)32-14-16-34(45)17-15-32/h5-7,11-12,14-21,26-27,31,35,48H,3-4,8-10,13,22-25,28-30H2,1-2H3,(H,46,47,49). The minimum Gasteiger partial charge on any atom is -0.375 e. The number of nitrogens with one attached hydrogen (secondary N) is 2. The number of nitro benzene ring substituents is 1. The Hall–Kier alpha value is -4.73. The summed E-state index contributed by atoms with van der Waals surface area (Å²) in [6.45, 7) is 11.0. The van der Waals surface area contributed by atoms with Crippen LogP contribution in [0, 0.1) is 10.1 Å². The van der Waals surface area contributed by atoms with E-state index >= 15 is 0 Å². The van der Waals surface area contributed by atoms with Crippen molar-refractivity contribution in [3.8, 4) is 0 Å². The molecule has 310 valence electrons. The van der Waals surface area contributed by atoms with Crippen LogP contribution in [0.25, 0.3) is 16.5 Å². The van der Waals surface area contributed by atoms with Crippen LogP contribution in [0.4, 0.5) is 22.9 Å². The molecule has 0 radical (unpaired) electrons. The highest BCUT2D eigenvalue weighted by Crippen LogP contribution is 2.35. The summed E-state index contributed by atoms with van der Waals surface area (Å²) >= 11 is 7.84. The van der Waals surface area contributed by atoms with E-state index in [9.17, 15) is 18.5 Å². The van der Waals surface area contributed by atoms with Crippen LogP contribution < -0.4 is 14.9 Å². The molecule has 2 heterocycles. The summed E-state index contributed by atoms with van der Waals surface area (Å²) in [6, 6.07) is 27.8. The third-order valence-corrected chi connectivity index (χ3v) is 13.9. The third-order valence-electron chi connectivity index (χ3n) is 11.2. The molecule has 1 aliphatic carbocycles. The lowest BCUT2D eigenvalue weighted by atomic mass is 9.87. The lowest BCUT2D eigenvalue weighted by Gasteiger charge is -2.37. The first-order valence-electron chi connectivity index (χ1n) is 20.3. The Balaban J connectivity index is 1.03. The van der Waals surface area contributed by atoms with Crippen molar-refractivity contribution in [3.63, 3.8) is 0 Å². The zero-order chi connectivity index (χ0) is 41.4. The zero-order valence-electron chi connectivity index (χ0n) is 33.5. The molecule has 5 aromatic rings. The highest BCUT2D eigenvalue weighted by molar-refractivity contribution is 7.99. The van der Waals surface area contributed by atoms with Crippen molar-refractivity contribution in [1.29, 1.82) is 0 Å². The van der Waals surface area contributed by atoms with Crippen LogP contribution in [-0.4, -0.2) is 97.3 Å². The van der Waals surface area contributed by atoms with Crippen molar-refractivity contribution in [2.75, 3.05) is 73.0 Å². The van der Waals surface area contributed by atoms with E-state index in [1.165, 1.54) is 48.0 Å². The van der Waals surface area contributed by atoms with Gasteiger partial charge in [-0.3, -0.25) is 19.7 Å². The number of likely N-dealkylation sites (N-methyl/N-ethyl adjacent to an activating group) is 1. The highest BCUT2D eigenvalue weighted by atomic mass is 35.5. The second kappa shape index (κ2) is 19.6. The molecule has 4 aromatic carbocycles. The number of aromatic nitrogens is 2. The maximum atomic E-state index is 13.8. The van der Waals surface area contributed by atoms with Crippen molar-refractivity contribution in [2.24, 2.45) is 0 Å². The first-order chi connectivity index (χ1) is 28.6. The van der Waals surface area contributed by atoms with E-state index in [1.54, 1.807) is 11.8 Å². The fourth-order valence-corrected chi connectivity index (χ4v) is 10.0. The van der Waals surface area contributed by atoms with Gasteiger partial charge in [0.2, 0.25) is 0 Å². The number of piperazine rings is 1. The minimum atomic E-state index is -4.26. The predicted octanol–water partition coefficient (Wildman–Crippen LogP) is 9.06. The number of rotatable bonds is 17. The summed E-state index contributed by atoms with van der Waals surface area (Å²) < 4.78 is 30.2. The summed E-state index contributed by atoms with van der Waals surface area (Å²) in [5, 5.41) is 17.0. The van der Waals surface area contributed by atoms with Crippen LogP contribution in [0.1, 0.15) is 45.1 Å². The fraction of sp³-hybridized carbons (Fsp3) is 0.364. The number of hydrogen-bond acceptors (Lipinski definition) is 11. The molecular weight excluding hydrogens is 804 g/mol. The normalized spacial score (nSPS) is 15.8. The number of thioether (sulfide) groups is 1. The second-order valence-corrected chi connectivity index (χ2v) is 18.2. The van der Waals surface area contributed by atoms with Crippen LogP contribution in [0.15, 0.2) is 113 Å². The van der Waals surface area contributed by atoms with Gasteiger partial charge in [-0.25, -0.2) is 18.4 Å². The summed E-state index contributed by atoms with van der Waals surface area (Å²) in [5.41, 5.74) is 5.80. The number of hydrogen-bond donors (Lipinski definition) is 2. The number of sulfonamides is 1. The molecule has 2 N–H and O–H groups in total. The van der Waals surface area contributed by atoms with Gasteiger partial charge in [0.25, 0.3) is 15.7 Å². The van der Waals surface area contributed by atoms with E-state index in [1.807, 2.05) is 60.7 Å². The Morgan fingerprint density at radius 2 is 1.66 bits per heavy atom. The minimum absolute atomic E-state index is 0.102. The van der Waals surface area contributed by atoms with Crippen molar-refractivity contribution in [2.45, 2.75) is 55.4 Å². The lowest BCUT2D eigenvalue weighted by Crippen LogP contribution is -2.47. The van der Waals surface area contributed by atoms with Gasteiger partial charge in [0, 0.05) is 78.1 Å². The molecule has 0 amide bonds. The zero-order valence-corrected chi connectivity index (χ0v) is 35.9. The third kappa shape index (κ3) is 10.7. The first kappa shape index (κ1) is 42.4. The Bertz CT molecular complexity index is 2370. The van der Waals surface area contributed by atoms with Gasteiger partial charge in [0.1, 0.15) is 12.0 Å². The fourth-order valence-electron chi connectivity index (χ4n) is 7.90. The molecule has 59 heavy (non-hydrogen) atoms. The molecular formula is C44H51ClN8O4S2. The molecule has 0 spiro atoms. The Morgan fingerprint density at radius 1 is 0.915 bits per heavy atom. The summed E-state index contributed by atoms with van der Waals surface area (Å²) in [7, 11) is -4.26. The van der Waals surface area contributed by atoms with E-state index < -0.39 is 14.9 Å². The number of benzene rings is 4. The maximum Gasteiger partial charge on any atom is 0.293 e. The molecule has 1 unspecified atom stereocenters. The van der Waals surface area contributed by atoms with Crippen LogP contribution in [0.2, 0.25) is 5.02 Å². The number of nitro groups is 1. The molecule has 1 atom stereocenters. The Labute approximate surface area is 356 Å². The van der Waals surface area contributed by atoms with Gasteiger partial charge in [-0.1, -0.05) is 61.4 Å². The van der Waals surface area contributed by atoms with Gasteiger partial charge in [0.05, 0.1) is 15.3 Å². The number of nitrogens with zero attached hydrogens (tertiary/aromatic N) is 6. The number of anilines is 3. The van der Waals surface area contributed by atoms with E-state index in [0.717, 1.165) is 80.3 Å². The van der Waals surface area contributed by atoms with Crippen LogP contribution in [0.5, 0.6) is 0 Å². The van der Waals surface area contributed by atoms with Gasteiger partial charge < -0.3 is 15.1 Å². The molecule has 1 aliphatic heterocycles. The Kier molecular flexibility index (Phi) is 14.1. The highest BCUT2D eigenvalue weighted by Gasteiger charge is 2.26. The maximum absolute atomic E-state index is 13.8. The molecule has 1 saturated heterocycles. The van der Waals surface area contributed by atoms with Crippen LogP contribution in [0.3, 0.4) is 0 Å². The van der Waals surface area contributed by atoms with Crippen LogP contribution in [-0.2, 0) is 10.0 Å². The largest absolute Gasteiger partial charge is 0.375 e. The number of allylic oxidation sites excluding steroid dienone is 1. The SMILES string of the molecule is CCN(CC)CC(CSc1ccccc1)Nc1ccc(S(=O)(=O)Nc2ncnc3cc(N4CCN(CC5=C(c6ccc(Cl)cc6)CCCC5)CC4)ccc23)cc1[N+](=O)[O-]. The molecule has 12 nitrogen and oxygen atoms in total. The summed E-state index contributed by atoms with van der Waals surface area (Å²) in [6.07, 6.45) is 5.99. The quantitative estimate of drug-likeness (QED) is 0.0527. The monoisotopic (exact) mass is 854 g/mol. The van der Waals surface area contributed by atoms with Crippen molar-refractivity contribution >= 4 is 72.7 Å². The molecule has 1 fully saturated rings. The molecule has 2 aliphatic rings. The van der Waals surface area contributed by atoms with Gasteiger partial charge >= 0.3 is 0 Å². The predicted molar refractivity (Wildman–Crippen MR) is 241 cm³/mol. The average Bonchev–Trinajstić information content (AvgIpc) is 3.25. The summed E-state index contributed by atoms with van der Waals surface area (Å²) in [5.74, 6) is 0.758. The smallest absolute Gasteiger partial charge is 0.293 e. The van der Waals surface area contributed by atoms with Gasteiger partial charge in [-0.15, -0.1) is 11.8 Å². The molecule has 7 rings (SSSR count). The lowest BCUT2D eigenvalue weighted by molar-refractivity contribution is -0.384. The van der Waals surface area contributed by atoms with E-state index in [2.05, 4.69) is 60.7 Å². The molecule has 15 heteroatoms. The number of fused-ring (bicyclic) bond motifs is 1. The van der Waals surface area contributed by atoms with Crippen molar-refractivity contribution in [1.82, 2.24) is 19.8 Å². The van der Waals surface area contributed by atoms with Gasteiger partial charge in [-0.05, 0) is 105 Å². The molecule has 1 aromatic heterocycles.